The van der Waals surface area contributed by atoms with E-state index in [1.807, 2.05) is 11.3 Å². The number of thiophene rings is 1. The monoisotopic (exact) mass is 255 g/mol. The van der Waals surface area contributed by atoms with Gasteiger partial charge in [-0.25, -0.2) is 0 Å². The first-order chi connectivity index (χ1) is 8.83. The summed E-state index contributed by atoms with van der Waals surface area (Å²) < 4.78 is 0. The van der Waals surface area contributed by atoms with Gasteiger partial charge in [0.25, 0.3) is 0 Å². The maximum absolute atomic E-state index is 4.56. The summed E-state index contributed by atoms with van der Waals surface area (Å²) in [7, 11) is 0. The van der Waals surface area contributed by atoms with Crippen molar-refractivity contribution in [2.75, 3.05) is 0 Å². The van der Waals surface area contributed by atoms with Crippen LogP contribution in [0.2, 0.25) is 0 Å². The summed E-state index contributed by atoms with van der Waals surface area (Å²) >= 11 is 1.83. The smallest absolute Gasteiger partial charge is 0.0661 e. The molecule has 0 saturated heterocycles. The van der Waals surface area contributed by atoms with Crippen LogP contribution < -0.4 is 0 Å². The molecule has 0 amide bonds. The Morgan fingerprint density at radius 3 is 3.00 bits per heavy atom. The van der Waals surface area contributed by atoms with Gasteiger partial charge in [-0.15, -0.1) is 11.3 Å². The first-order valence-electron chi connectivity index (χ1n) is 6.49. The highest BCUT2D eigenvalue weighted by Gasteiger charge is 2.16. The summed E-state index contributed by atoms with van der Waals surface area (Å²) in [5.41, 5.74) is 2.42. The highest BCUT2D eigenvalue weighted by molar-refractivity contribution is 7.10. The van der Waals surface area contributed by atoms with E-state index < -0.39 is 0 Å². The van der Waals surface area contributed by atoms with Gasteiger partial charge in [0, 0.05) is 17.0 Å². The number of nitrogens with zero attached hydrogens (tertiary/aromatic N) is 1. The van der Waals surface area contributed by atoms with Crippen molar-refractivity contribution in [1.29, 1.82) is 0 Å². The van der Waals surface area contributed by atoms with Crippen molar-refractivity contribution in [3.05, 3.63) is 58.0 Å². The fourth-order valence-corrected chi connectivity index (χ4v) is 3.17. The van der Waals surface area contributed by atoms with E-state index in [9.17, 15) is 0 Å². The van der Waals surface area contributed by atoms with Crippen LogP contribution in [0, 0.1) is 5.92 Å². The minimum Gasteiger partial charge on any atom is -0.261 e. The van der Waals surface area contributed by atoms with Crippen LogP contribution in [0.25, 0.3) is 0 Å². The van der Waals surface area contributed by atoms with Gasteiger partial charge in [-0.05, 0) is 41.9 Å². The van der Waals surface area contributed by atoms with E-state index in [1.165, 1.54) is 10.5 Å². The summed E-state index contributed by atoms with van der Waals surface area (Å²) in [6.07, 6.45) is 13.3. The van der Waals surface area contributed by atoms with Crippen LogP contribution in [0.3, 0.4) is 0 Å². The van der Waals surface area contributed by atoms with Gasteiger partial charge in [-0.1, -0.05) is 31.2 Å². The molecule has 0 fully saturated rings. The molecule has 0 bridgehead atoms. The van der Waals surface area contributed by atoms with Gasteiger partial charge in [-0.3, -0.25) is 4.99 Å². The molecule has 92 valence electrons. The van der Waals surface area contributed by atoms with Gasteiger partial charge < -0.3 is 0 Å². The van der Waals surface area contributed by atoms with E-state index >= 15 is 0 Å². The summed E-state index contributed by atoms with van der Waals surface area (Å²) in [6, 6.07) is 4.34. The summed E-state index contributed by atoms with van der Waals surface area (Å²) in [4.78, 5) is 6.00. The molecule has 2 atom stereocenters. The molecule has 1 aliphatic heterocycles. The number of hydrogen-bond donors (Lipinski definition) is 0. The second-order valence-electron chi connectivity index (χ2n) is 4.95. The normalized spacial score (nSPS) is 26.9. The van der Waals surface area contributed by atoms with E-state index in [-0.39, 0.29) is 0 Å². The molecule has 0 spiro atoms. The lowest BCUT2D eigenvalue weighted by Gasteiger charge is -2.18. The van der Waals surface area contributed by atoms with Gasteiger partial charge in [0.1, 0.15) is 0 Å². The molecule has 1 aliphatic carbocycles. The van der Waals surface area contributed by atoms with E-state index in [2.05, 4.69) is 59.9 Å². The summed E-state index contributed by atoms with van der Waals surface area (Å²) in [5, 5.41) is 2.15. The van der Waals surface area contributed by atoms with Crippen molar-refractivity contribution >= 4 is 17.6 Å². The van der Waals surface area contributed by atoms with Crippen molar-refractivity contribution < 1.29 is 0 Å². The molecule has 0 aromatic carbocycles. The average molecular weight is 255 g/mol. The topological polar surface area (TPSA) is 12.4 Å². The van der Waals surface area contributed by atoms with E-state index in [0.717, 1.165) is 18.5 Å². The van der Waals surface area contributed by atoms with Crippen LogP contribution >= 0.6 is 11.3 Å². The minimum atomic E-state index is 0.506. The largest absolute Gasteiger partial charge is 0.261 e. The van der Waals surface area contributed by atoms with Crippen molar-refractivity contribution in [2.24, 2.45) is 10.9 Å². The molecule has 3 rings (SSSR count). The van der Waals surface area contributed by atoms with Gasteiger partial charge in [0.15, 0.2) is 0 Å². The predicted molar refractivity (Wildman–Crippen MR) is 79.3 cm³/mol. The fraction of sp³-hybridized carbons (Fsp3) is 0.312. The molecule has 1 nitrogen and oxygen atoms in total. The molecule has 2 unspecified atom stereocenters. The highest BCUT2D eigenvalue weighted by atomic mass is 32.1. The molecule has 0 radical (unpaired) electrons. The molecular weight excluding hydrogens is 238 g/mol. The Morgan fingerprint density at radius 2 is 2.28 bits per heavy atom. The Morgan fingerprint density at radius 1 is 1.33 bits per heavy atom. The van der Waals surface area contributed by atoms with Crippen LogP contribution in [0.5, 0.6) is 0 Å². The van der Waals surface area contributed by atoms with Gasteiger partial charge in [0.05, 0.1) is 5.70 Å². The molecule has 1 aromatic heterocycles. The Kier molecular flexibility index (Phi) is 3.28. The molecule has 2 heteroatoms. The number of aliphatic imine (C=N–C) groups is 1. The Labute approximate surface area is 112 Å². The van der Waals surface area contributed by atoms with Crippen LogP contribution in [0.4, 0.5) is 0 Å². The maximum atomic E-state index is 4.56. The van der Waals surface area contributed by atoms with Gasteiger partial charge in [0.2, 0.25) is 0 Å². The zero-order valence-electron chi connectivity index (χ0n) is 10.5. The lowest BCUT2D eigenvalue weighted by Crippen LogP contribution is -2.03. The third-order valence-electron chi connectivity index (χ3n) is 3.47. The molecule has 2 aliphatic rings. The molecule has 2 heterocycles. The first kappa shape index (κ1) is 11.7. The number of hydrogen-bond acceptors (Lipinski definition) is 2. The third kappa shape index (κ3) is 2.39. The SMILES string of the molecule is CC1C=CC(C2=CC(c3cccs3)CC=N2)=CC1. The van der Waals surface area contributed by atoms with Crippen molar-refractivity contribution in [3.63, 3.8) is 0 Å². The molecule has 18 heavy (non-hydrogen) atoms. The summed E-state index contributed by atoms with van der Waals surface area (Å²) in [6.45, 7) is 2.25. The van der Waals surface area contributed by atoms with Crippen molar-refractivity contribution in [1.82, 2.24) is 0 Å². The lowest BCUT2D eigenvalue weighted by molar-refractivity contribution is 0.731. The lowest BCUT2D eigenvalue weighted by atomic mass is 9.93. The average Bonchev–Trinajstić information content (AvgIpc) is 2.94. The van der Waals surface area contributed by atoms with Crippen LogP contribution in [0.15, 0.2) is 58.1 Å². The number of rotatable bonds is 2. The maximum Gasteiger partial charge on any atom is 0.0661 e. The zero-order chi connectivity index (χ0) is 12.4. The Bertz CT molecular complexity index is 531. The predicted octanol–water partition coefficient (Wildman–Crippen LogP) is 4.71. The van der Waals surface area contributed by atoms with Crippen LogP contribution in [0.1, 0.15) is 30.6 Å². The second-order valence-corrected chi connectivity index (χ2v) is 5.93. The van der Waals surface area contributed by atoms with Crippen LogP contribution in [-0.2, 0) is 0 Å². The number of allylic oxidation sites excluding steroid dienone is 4. The Hall–Kier alpha value is -1.41. The standard InChI is InChI=1S/C16H17NS/c1-12-4-6-13(7-5-12)15-11-14(8-9-17-15)16-3-2-10-18-16/h2-4,6-7,9-12,14H,5,8H2,1H3. The van der Waals surface area contributed by atoms with Crippen LogP contribution in [-0.4, -0.2) is 6.21 Å². The van der Waals surface area contributed by atoms with E-state index in [1.54, 1.807) is 0 Å². The zero-order valence-corrected chi connectivity index (χ0v) is 11.4. The van der Waals surface area contributed by atoms with Crippen molar-refractivity contribution in [2.45, 2.75) is 25.7 Å². The van der Waals surface area contributed by atoms with Gasteiger partial charge >= 0.3 is 0 Å². The molecule has 1 aromatic rings. The van der Waals surface area contributed by atoms with Gasteiger partial charge in [-0.2, -0.15) is 0 Å². The minimum absolute atomic E-state index is 0.506. The fourth-order valence-electron chi connectivity index (χ4n) is 2.35. The van der Waals surface area contributed by atoms with Crippen molar-refractivity contribution in [3.8, 4) is 0 Å². The highest BCUT2D eigenvalue weighted by Crippen LogP contribution is 2.32. The first-order valence-corrected chi connectivity index (χ1v) is 7.37. The van der Waals surface area contributed by atoms with E-state index in [0.29, 0.717) is 11.8 Å². The Balaban J connectivity index is 1.84. The quantitative estimate of drug-likeness (QED) is 0.725. The third-order valence-corrected chi connectivity index (χ3v) is 4.47. The molecule has 0 N–H and O–H groups in total. The summed E-state index contributed by atoms with van der Waals surface area (Å²) in [5.74, 6) is 1.17. The second kappa shape index (κ2) is 5.07. The molecule has 0 saturated carbocycles. The molecular formula is C16H17NS. The van der Waals surface area contributed by atoms with E-state index in [4.69, 9.17) is 0 Å².